The van der Waals surface area contributed by atoms with E-state index >= 15 is 0 Å². The summed E-state index contributed by atoms with van der Waals surface area (Å²) in [6.07, 6.45) is 8.20. The maximum atomic E-state index is 12.2. The number of carbonyl (C=O) groups excluding carboxylic acids is 1. The maximum absolute atomic E-state index is 12.2. The number of rotatable bonds is 7. The van der Waals surface area contributed by atoms with Crippen LogP contribution in [0.5, 0.6) is 0 Å². The zero-order valence-corrected chi connectivity index (χ0v) is 15.2. The van der Waals surface area contributed by atoms with Crippen molar-refractivity contribution in [2.75, 3.05) is 0 Å². The van der Waals surface area contributed by atoms with Crippen LogP contribution in [0.1, 0.15) is 73.1 Å². The van der Waals surface area contributed by atoms with Gasteiger partial charge in [-0.3, -0.25) is 4.79 Å². The molecular formula is C20H34O2. The van der Waals surface area contributed by atoms with Gasteiger partial charge in [0.1, 0.15) is 6.10 Å². The van der Waals surface area contributed by atoms with Crippen LogP contribution in [-0.2, 0) is 9.53 Å². The molecule has 0 radical (unpaired) electrons. The maximum Gasteiger partial charge on any atom is 0.306 e. The zero-order valence-electron chi connectivity index (χ0n) is 15.2. The molecule has 1 saturated carbocycles. The quantitative estimate of drug-likeness (QED) is 0.446. The number of carbonyl (C=O) groups is 1. The summed E-state index contributed by atoms with van der Waals surface area (Å²) in [4.78, 5) is 12.2. The van der Waals surface area contributed by atoms with Gasteiger partial charge in [-0.15, -0.1) is 0 Å². The first-order chi connectivity index (χ1) is 10.3. The first-order valence-electron chi connectivity index (χ1n) is 8.77. The van der Waals surface area contributed by atoms with Crippen LogP contribution in [0.2, 0.25) is 0 Å². The fourth-order valence-electron chi connectivity index (χ4n) is 3.28. The van der Waals surface area contributed by atoms with E-state index in [1.54, 1.807) is 0 Å². The summed E-state index contributed by atoms with van der Waals surface area (Å²) in [5.74, 6) is 1.34. The lowest BCUT2D eigenvalue weighted by molar-refractivity contribution is -0.154. The van der Waals surface area contributed by atoms with Gasteiger partial charge in [-0.25, -0.2) is 0 Å². The molecule has 4 unspecified atom stereocenters. The third kappa shape index (κ3) is 6.81. The summed E-state index contributed by atoms with van der Waals surface area (Å²) in [6, 6.07) is 0. The molecule has 4 atom stereocenters. The highest BCUT2D eigenvalue weighted by molar-refractivity contribution is 5.69. The molecular weight excluding hydrogens is 272 g/mol. The molecule has 0 aliphatic heterocycles. The molecule has 0 aromatic heterocycles. The number of hydrogen-bond acceptors (Lipinski definition) is 2. The van der Waals surface area contributed by atoms with Gasteiger partial charge in [-0.05, 0) is 64.7 Å². The van der Waals surface area contributed by atoms with Crippen molar-refractivity contribution in [3.8, 4) is 0 Å². The van der Waals surface area contributed by atoms with E-state index in [1.807, 2.05) is 0 Å². The van der Waals surface area contributed by atoms with Crippen LogP contribution >= 0.6 is 0 Å². The summed E-state index contributed by atoms with van der Waals surface area (Å²) in [5, 5.41) is 0. The molecule has 1 rings (SSSR count). The molecule has 22 heavy (non-hydrogen) atoms. The summed E-state index contributed by atoms with van der Waals surface area (Å²) in [6.45, 7) is 14.8. The number of esters is 1. The Labute approximate surface area is 137 Å². The van der Waals surface area contributed by atoms with Gasteiger partial charge < -0.3 is 4.74 Å². The molecule has 0 aromatic carbocycles. The van der Waals surface area contributed by atoms with E-state index in [2.05, 4.69) is 47.3 Å². The SMILES string of the molecule is C=C(C)C1CCC(C)CC1OC(=O)CC(C)CCC=C(C)C. The average Bonchev–Trinajstić information content (AvgIpc) is 2.37. The van der Waals surface area contributed by atoms with Gasteiger partial charge in [0.05, 0.1) is 0 Å². The predicted octanol–water partition coefficient (Wildman–Crippen LogP) is 5.68. The molecule has 126 valence electrons. The van der Waals surface area contributed by atoms with Gasteiger partial charge in [0.15, 0.2) is 0 Å². The highest BCUT2D eigenvalue weighted by Crippen LogP contribution is 2.35. The normalized spacial score (nSPS) is 26.1. The van der Waals surface area contributed by atoms with E-state index in [9.17, 15) is 4.79 Å². The second-order valence-corrected chi connectivity index (χ2v) is 7.57. The minimum atomic E-state index is -0.0324. The first kappa shape index (κ1) is 19.0. The Morgan fingerprint density at radius 1 is 1.32 bits per heavy atom. The number of allylic oxidation sites excluding steroid dienone is 2. The Kier molecular flexibility index (Phi) is 7.92. The molecule has 0 bridgehead atoms. The molecule has 0 spiro atoms. The largest absolute Gasteiger partial charge is 0.462 e. The van der Waals surface area contributed by atoms with Gasteiger partial charge in [-0.2, -0.15) is 0 Å². The van der Waals surface area contributed by atoms with Crippen LogP contribution in [0.15, 0.2) is 23.8 Å². The molecule has 2 nitrogen and oxygen atoms in total. The number of ether oxygens (including phenoxy) is 1. The lowest BCUT2D eigenvalue weighted by atomic mass is 9.77. The van der Waals surface area contributed by atoms with Crippen LogP contribution in [0.4, 0.5) is 0 Å². The third-order valence-corrected chi connectivity index (χ3v) is 4.70. The van der Waals surface area contributed by atoms with Crippen molar-refractivity contribution in [3.63, 3.8) is 0 Å². The van der Waals surface area contributed by atoms with Gasteiger partial charge in [0, 0.05) is 12.3 Å². The lowest BCUT2D eigenvalue weighted by Crippen LogP contribution is -2.33. The summed E-state index contributed by atoms with van der Waals surface area (Å²) >= 11 is 0. The van der Waals surface area contributed by atoms with Crippen molar-refractivity contribution < 1.29 is 9.53 Å². The Bertz CT molecular complexity index is 404. The molecule has 0 amide bonds. The number of hydrogen-bond donors (Lipinski definition) is 0. The smallest absolute Gasteiger partial charge is 0.306 e. The molecule has 1 aliphatic rings. The highest BCUT2D eigenvalue weighted by atomic mass is 16.5. The van der Waals surface area contributed by atoms with Crippen LogP contribution in [0.25, 0.3) is 0 Å². The van der Waals surface area contributed by atoms with E-state index in [0.29, 0.717) is 24.2 Å². The zero-order chi connectivity index (χ0) is 16.7. The van der Waals surface area contributed by atoms with Crippen LogP contribution in [-0.4, -0.2) is 12.1 Å². The van der Waals surface area contributed by atoms with Gasteiger partial charge >= 0.3 is 5.97 Å². The van der Waals surface area contributed by atoms with Crippen molar-refractivity contribution in [3.05, 3.63) is 23.8 Å². The van der Waals surface area contributed by atoms with E-state index in [0.717, 1.165) is 31.3 Å². The van der Waals surface area contributed by atoms with Crippen molar-refractivity contribution in [2.45, 2.75) is 79.2 Å². The molecule has 0 N–H and O–H groups in total. The van der Waals surface area contributed by atoms with E-state index < -0.39 is 0 Å². The fraction of sp³-hybridized carbons (Fsp3) is 0.750. The molecule has 0 saturated heterocycles. The average molecular weight is 306 g/mol. The Hall–Kier alpha value is -1.05. The Balaban J connectivity index is 2.44. The highest BCUT2D eigenvalue weighted by Gasteiger charge is 2.32. The first-order valence-corrected chi connectivity index (χ1v) is 8.77. The topological polar surface area (TPSA) is 26.3 Å². The molecule has 0 heterocycles. The summed E-state index contributed by atoms with van der Waals surface area (Å²) in [5.41, 5.74) is 2.50. The van der Waals surface area contributed by atoms with Gasteiger partial charge in [0.25, 0.3) is 0 Å². The fourth-order valence-corrected chi connectivity index (χ4v) is 3.28. The van der Waals surface area contributed by atoms with Crippen molar-refractivity contribution in [1.29, 1.82) is 0 Å². The summed E-state index contributed by atoms with van der Waals surface area (Å²) < 4.78 is 5.82. The van der Waals surface area contributed by atoms with Crippen molar-refractivity contribution in [2.24, 2.45) is 17.8 Å². The van der Waals surface area contributed by atoms with Gasteiger partial charge in [-0.1, -0.05) is 37.6 Å². The van der Waals surface area contributed by atoms with Crippen molar-refractivity contribution >= 4 is 5.97 Å². The van der Waals surface area contributed by atoms with E-state index in [1.165, 1.54) is 12.0 Å². The lowest BCUT2D eigenvalue weighted by Gasteiger charge is -2.35. The van der Waals surface area contributed by atoms with E-state index in [-0.39, 0.29) is 12.1 Å². The Morgan fingerprint density at radius 3 is 2.59 bits per heavy atom. The predicted molar refractivity (Wildman–Crippen MR) is 93.6 cm³/mol. The molecule has 0 aromatic rings. The van der Waals surface area contributed by atoms with Crippen molar-refractivity contribution in [1.82, 2.24) is 0 Å². The molecule has 2 heteroatoms. The monoisotopic (exact) mass is 306 g/mol. The van der Waals surface area contributed by atoms with Gasteiger partial charge in [0.2, 0.25) is 0 Å². The third-order valence-electron chi connectivity index (χ3n) is 4.70. The minimum Gasteiger partial charge on any atom is -0.462 e. The standard InChI is InChI=1S/C20H34O2/c1-14(2)8-7-9-16(5)13-20(21)22-19-12-17(6)10-11-18(19)15(3)4/h8,16-19H,3,7,9-13H2,1-2,4-6H3. The second kappa shape index (κ2) is 9.17. The van der Waals surface area contributed by atoms with Crippen LogP contribution in [0, 0.1) is 17.8 Å². The second-order valence-electron chi connectivity index (χ2n) is 7.57. The summed E-state index contributed by atoms with van der Waals surface area (Å²) in [7, 11) is 0. The van der Waals surface area contributed by atoms with Crippen LogP contribution < -0.4 is 0 Å². The Morgan fingerprint density at radius 2 is 2.00 bits per heavy atom. The molecule has 1 fully saturated rings. The molecule has 1 aliphatic carbocycles. The van der Waals surface area contributed by atoms with Crippen LogP contribution in [0.3, 0.4) is 0 Å². The minimum absolute atomic E-state index is 0.0324. The van der Waals surface area contributed by atoms with E-state index in [4.69, 9.17) is 4.74 Å².